The van der Waals surface area contributed by atoms with E-state index in [0.29, 0.717) is 12.8 Å². The first-order valence-electron chi connectivity index (χ1n) is 10.5. The number of esters is 1. The lowest BCUT2D eigenvalue weighted by Crippen LogP contribution is -2.10. The molecule has 0 atom stereocenters. The maximum absolute atomic E-state index is 11.5. The number of benzene rings is 4. The number of methoxy groups -OCH3 is 1. The fourth-order valence-electron chi connectivity index (χ4n) is 3.65. The van der Waals surface area contributed by atoms with Crippen LogP contribution in [0.15, 0.2) is 108 Å². The lowest BCUT2D eigenvalue weighted by molar-refractivity contribution is -0.140. The van der Waals surface area contributed by atoms with Gasteiger partial charge in [-0.05, 0) is 71.6 Å². The molecule has 0 radical (unpaired) electrons. The number of aryl methyl sites for hydroxylation is 1. The molecule has 4 aromatic carbocycles. The third-order valence-corrected chi connectivity index (χ3v) is 5.86. The Bertz CT molecular complexity index is 1170. The van der Waals surface area contributed by atoms with Crippen LogP contribution in [0.4, 0.5) is 17.1 Å². The molecular weight excluding hydrogens is 462 g/mol. The average Bonchev–Trinajstić information content (AvgIpc) is 2.85. The van der Waals surface area contributed by atoms with Crippen LogP contribution in [0.25, 0.3) is 11.1 Å². The summed E-state index contributed by atoms with van der Waals surface area (Å²) in [7, 11) is 1.42. The number of carbonyl (C=O) groups excluding carboxylic acids is 1. The topological polar surface area (TPSA) is 29.5 Å². The molecule has 160 valence electrons. The minimum Gasteiger partial charge on any atom is -0.469 e. The number of halogens is 1. The van der Waals surface area contributed by atoms with Crippen molar-refractivity contribution in [2.45, 2.75) is 12.8 Å². The second kappa shape index (κ2) is 10.3. The fourth-order valence-corrected chi connectivity index (χ4v) is 3.92. The minimum atomic E-state index is -0.191. The predicted octanol–water partition coefficient (Wildman–Crippen LogP) is 7.69. The van der Waals surface area contributed by atoms with Crippen LogP contribution in [-0.2, 0) is 16.0 Å². The maximum Gasteiger partial charge on any atom is 0.305 e. The number of hydrogen-bond donors (Lipinski definition) is 0. The van der Waals surface area contributed by atoms with Crippen molar-refractivity contribution in [3.8, 4) is 11.1 Å². The van der Waals surface area contributed by atoms with Crippen LogP contribution < -0.4 is 4.90 Å². The Balaban J connectivity index is 1.70. The Labute approximate surface area is 197 Å². The van der Waals surface area contributed by atoms with E-state index in [2.05, 4.69) is 106 Å². The smallest absolute Gasteiger partial charge is 0.305 e. The number of carbonyl (C=O) groups is 1. The molecular formula is C28H24BrNO2. The van der Waals surface area contributed by atoms with Crippen molar-refractivity contribution >= 4 is 39.0 Å². The predicted molar refractivity (Wildman–Crippen MR) is 135 cm³/mol. The lowest BCUT2D eigenvalue weighted by Gasteiger charge is -2.26. The van der Waals surface area contributed by atoms with E-state index in [1.807, 2.05) is 18.2 Å². The molecule has 0 N–H and O–H groups in total. The molecule has 0 heterocycles. The summed E-state index contributed by atoms with van der Waals surface area (Å²) in [4.78, 5) is 13.7. The van der Waals surface area contributed by atoms with Crippen LogP contribution in [0, 0.1) is 0 Å². The molecule has 0 unspecified atom stereocenters. The van der Waals surface area contributed by atoms with Gasteiger partial charge in [0, 0.05) is 28.0 Å². The SMILES string of the molecule is COC(=O)CCc1ccc(N(c2ccc(Br)cc2)c2cccc(-c3ccccc3)c2)cc1. The monoisotopic (exact) mass is 485 g/mol. The highest BCUT2D eigenvalue weighted by molar-refractivity contribution is 9.10. The van der Waals surface area contributed by atoms with E-state index in [4.69, 9.17) is 4.74 Å². The summed E-state index contributed by atoms with van der Waals surface area (Å²) in [6.45, 7) is 0. The highest BCUT2D eigenvalue weighted by atomic mass is 79.9. The first kappa shape index (κ1) is 21.8. The van der Waals surface area contributed by atoms with Crippen molar-refractivity contribution in [2.75, 3.05) is 12.0 Å². The van der Waals surface area contributed by atoms with Crippen molar-refractivity contribution in [2.24, 2.45) is 0 Å². The molecule has 4 aromatic rings. The zero-order valence-corrected chi connectivity index (χ0v) is 19.5. The zero-order valence-electron chi connectivity index (χ0n) is 17.9. The van der Waals surface area contributed by atoms with E-state index in [-0.39, 0.29) is 5.97 Å². The summed E-state index contributed by atoms with van der Waals surface area (Å²) in [6.07, 6.45) is 1.04. The van der Waals surface area contributed by atoms with Gasteiger partial charge in [0.15, 0.2) is 0 Å². The van der Waals surface area contributed by atoms with Crippen LogP contribution in [0.5, 0.6) is 0 Å². The molecule has 4 heteroatoms. The molecule has 0 fully saturated rings. The van der Waals surface area contributed by atoms with E-state index in [1.165, 1.54) is 18.2 Å². The van der Waals surface area contributed by atoms with Gasteiger partial charge in [-0.25, -0.2) is 0 Å². The summed E-state index contributed by atoms with van der Waals surface area (Å²) >= 11 is 3.54. The Morgan fingerprint density at radius 2 is 1.38 bits per heavy atom. The Morgan fingerprint density at radius 1 is 0.750 bits per heavy atom. The molecule has 32 heavy (non-hydrogen) atoms. The minimum absolute atomic E-state index is 0.191. The van der Waals surface area contributed by atoms with Gasteiger partial charge in [0.05, 0.1) is 7.11 Å². The number of anilines is 3. The van der Waals surface area contributed by atoms with E-state index in [1.54, 1.807) is 0 Å². The van der Waals surface area contributed by atoms with Gasteiger partial charge in [-0.3, -0.25) is 4.79 Å². The van der Waals surface area contributed by atoms with Crippen LogP contribution in [-0.4, -0.2) is 13.1 Å². The molecule has 0 aromatic heterocycles. The molecule has 0 aliphatic heterocycles. The molecule has 0 aliphatic rings. The van der Waals surface area contributed by atoms with Crippen molar-refractivity contribution in [3.63, 3.8) is 0 Å². The Kier molecular flexibility index (Phi) is 7.03. The van der Waals surface area contributed by atoms with Gasteiger partial charge in [0.1, 0.15) is 0 Å². The number of ether oxygens (including phenoxy) is 1. The number of rotatable bonds is 7. The summed E-state index contributed by atoms with van der Waals surface area (Å²) in [5.41, 5.74) is 6.66. The molecule has 3 nitrogen and oxygen atoms in total. The largest absolute Gasteiger partial charge is 0.469 e. The quantitative estimate of drug-likeness (QED) is 0.251. The van der Waals surface area contributed by atoms with Crippen LogP contribution in [0.2, 0.25) is 0 Å². The Hall–Kier alpha value is -3.37. The highest BCUT2D eigenvalue weighted by Crippen LogP contribution is 2.37. The van der Waals surface area contributed by atoms with Gasteiger partial charge >= 0.3 is 5.97 Å². The molecule has 4 rings (SSSR count). The summed E-state index contributed by atoms with van der Waals surface area (Å²) in [6, 6.07) is 35.6. The van der Waals surface area contributed by atoms with Crippen molar-refractivity contribution < 1.29 is 9.53 Å². The van der Waals surface area contributed by atoms with Crippen molar-refractivity contribution in [3.05, 3.63) is 113 Å². The molecule has 0 bridgehead atoms. The zero-order chi connectivity index (χ0) is 22.3. The lowest BCUT2D eigenvalue weighted by atomic mass is 10.0. The van der Waals surface area contributed by atoms with Gasteiger partial charge in [-0.15, -0.1) is 0 Å². The second-order valence-electron chi connectivity index (χ2n) is 7.47. The number of hydrogen-bond acceptors (Lipinski definition) is 3. The van der Waals surface area contributed by atoms with Gasteiger partial charge < -0.3 is 9.64 Å². The van der Waals surface area contributed by atoms with Gasteiger partial charge in [-0.1, -0.05) is 70.5 Å². The van der Waals surface area contributed by atoms with Gasteiger partial charge in [0.25, 0.3) is 0 Å². The van der Waals surface area contributed by atoms with E-state index < -0.39 is 0 Å². The standard InChI is InChI=1S/C28H24BrNO2/c1-32-28(31)19-12-21-10-15-25(16-11-21)30(26-17-13-24(29)14-18-26)27-9-5-8-23(20-27)22-6-3-2-4-7-22/h2-11,13-18,20H,12,19H2,1H3. The molecule has 0 spiro atoms. The average molecular weight is 486 g/mol. The Morgan fingerprint density at radius 3 is 2.03 bits per heavy atom. The number of nitrogens with zero attached hydrogens (tertiary/aromatic N) is 1. The summed E-state index contributed by atoms with van der Waals surface area (Å²) in [5.74, 6) is -0.191. The van der Waals surface area contributed by atoms with E-state index in [0.717, 1.165) is 27.1 Å². The molecule has 0 saturated carbocycles. The van der Waals surface area contributed by atoms with Crippen molar-refractivity contribution in [1.82, 2.24) is 0 Å². The molecule has 0 aliphatic carbocycles. The normalized spacial score (nSPS) is 10.6. The molecule has 0 saturated heterocycles. The molecule has 0 amide bonds. The van der Waals surface area contributed by atoms with Crippen LogP contribution in [0.1, 0.15) is 12.0 Å². The third-order valence-electron chi connectivity index (χ3n) is 5.34. The van der Waals surface area contributed by atoms with E-state index >= 15 is 0 Å². The maximum atomic E-state index is 11.5. The van der Waals surface area contributed by atoms with Gasteiger partial charge in [-0.2, -0.15) is 0 Å². The van der Waals surface area contributed by atoms with Crippen LogP contribution in [0.3, 0.4) is 0 Å². The summed E-state index contributed by atoms with van der Waals surface area (Å²) < 4.78 is 5.80. The first-order valence-corrected chi connectivity index (χ1v) is 11.3. The second-order valence-corrected chi connectivity index (χ2v) is 8.39. The third kappa shape index (κ3) is 5.27. The highest BCUT2D eigenvalue weighted by Gasteiger charge is 2.14. The van der Waals surface area contributed by atoms with Gasteiger partial charge in [0.2, 0.25) is 0 Å². The van der Waals surface area contributed by atoms with Crippen molar-refractivity contribution in [1.29, 1.82) is 0 Å². The summed E-state index contributed by atoms with van der Waals surface area (Å²) in [5, 5.41) is 0. The van der Waals surface area contributed by atoms with E-state index in [9.17, 15) is 4.79 Å². The first-order chi connectivity index (χ1) is 15.6. The fraction of sp³-hybridized carbons (Fsp3) is 0.107. The van der Waals surface area contributed by atoms with Crippen LogP contribution >= 0.6 is 15.9 Å².